The predicted octanol–water partition coefficient (Wildman–Crippen LogP) is 2.85. The molecule has 0 atom stereocenters. The lowest BCUT2D eigenvalue weighted by molar-refractivity contribution is 0.0697. The zero-order valence-electron chi connectivity index (χ0n) is 11.1. The Hall–Kier alpha value is -1.82. The summed E-state index contributed by atoms with van der Waals surface area (Å²) >= 11 is 0. The number of sulfone groups is 1. The molecule has 0 saturated heterocycles. The van der Waals surface area contributed by atoms with Gasteiger partial charge < -0.3 is 9.52 Å². The zero-order chi connectivity index (χ0) is 14.8. The molecule has 0 radical (unpaired) electrons. The molecule has 0 amide bonds. The average Bonchev–Trinajstić information content (AvgIpc) is 2.73. The van der Waals surface area contributed by atoms with Gasteiger partial charge in [0.25, 0.3) is 0 Å². The van der Waals surface area contributed by atoms with Crippen LogP contribution in [0.4, 0.5) is 0 Å². The largest absolute Gasteiger partial charge is 0.478 e. The minimum absolute atomic E-state index is 0.00908. The number of hydrogen-bond donors (Lipinski definition) is 1. The van der Waals surface area contributed by atoms with Crippen LogP contribution in [0.1, 0.15) is 35.9 Å². The summed E-state index contributed by atoms with van der Waals surface area (Å²) < 4.78 is 29.3. The molecule has 0 saturated carbocycles. The van der Waals surface area contributed by atoms with E-state index in [9.17, 15) is 18.3 Å². The molecule has 20 heavy (non-hydrogen) atoms. The van der Waals surface area contributed by atoms with Gasteiger partial charge in [0.15, 0.2) is 9.84 Å². The van der Waals surface area contributed by atoms with E-state index in [2.05, 4.69) is 0 Å². The molecule has 5 nitrogen and oxygen atoms in total. The molecular formula is C14H16O5S. The number of carboxylic acid groups (broad SMARTS) is 1. The normalized spacial score (nSPS) is 11.8. The number of benzene rings is 1. The van der Waals surface area contributed by atoms with E-state index in [1.54, 1.807) is 24.3 Å². The average molecular weight is 296 g/mol. The molecule has 2 rings (SSSR count). The number of hydrogen-bond acceptors (Lipinski definition) is 4. The molecule has 1 heterocycles. The van der Waals surface area contributed by atoms with Crippen molar-refractivity contribution in [2.75, 3.05) is 5.75 Å². The van der Waals surface area contributed by atoms with Crippen LogP contribution in [0.2, 0.25) is 0 Å². The van der Waals surface area contributed by atoms with Crippen molar-refractivity contribution in [2.45, 2.75) is 25.5 Å². The van der Waals surface area contributed by atoms with E-state index in [4.69, 9.17) is 4.42 Å². The molecule has 0 bridgehead atoms. The third-order valence-electron chi connectivity index (χ3n) is 3.04. The van der Waals surface area contributed by atoms with Crippen molar-refractivity contribution in [1.29, 1.82) is 0 Å². The second-order valence-corrected chi connectivity index (χ2v) is 6.83. The Morgan fingerprint density at radius 1 is 1.30 bits per heavy atom. The minimum Gasteiger partial charge on any atom is -0.478 e. The first-order chi connectivity index (χ1) is 9.44. The van der Waals surface area contributed by atoms with Gasteiger partial charge in [0.2, 0.25) is 0 Å². The minimum atomic E-state index is -3.36. The van der Waals surface area contributed by atoms with Gasteiger partial charge in [-0.25, -0.2) is 13.2 Å². The predicted molar refractivity (Wildman–Crippen MR) is 75.6 cm³/mol. The summed E-state index contributed by atoms with van der Waals surface area (Å²) in [5.74, 6) is -1.49. The van der Waals surface area contributed by atoms with E-state index in [0.717, 1.165) is 6.42 Å². The lowest BCUT2D eigenvalue weighted by Gasteiger charge is -2.02. The Bertz CT molecular complexity index is 727. The van der Waals surface area contributed by atoms with Crippen molar-refractivity contribution in [3.63, 3.8) is 0 Å². The fraction of sp³-hybridized carbons (Fsp3) is 0.357. The highest BCUT2D eigenvalue weighted by atomic mass is 32.2. The van der Waals surface area contributed by atoms with Crippen LogP contribution >= 0.6 is 0 Å². The van der Waals surface area contributed by atoms with Gasteiger partial charge in [-0.2, -0.15) is 0 Å². The number of rotatable bonds is 6. The molecule has 0 spiro atoms. The summed E-state index contributed by atoms with van der Waals surface area (Å²) in [6.07, 6.45) is 1.33. The maximum atomic E-state index is 12.0. The summed E-state index contributed by atoms with van der Waals surface area (Å²) in [5.41, 5.74) is 0.339. The van der Waals surface area contributed by atoms with Gasteiger partial charge in [-0.05, 0) is 12.5 Å². The summed E-state index contributed by atoms with van der Waals surface area (Å²) in [5, 5.41) is 9.70. The van der Waals surface area contributed by atoms with E-state index in [1.165, 1.54) is 0 Å². The Kier molecular flexibility index (Phi) is 4.13. The molecule has 1 aromatic heterocycles. The first kappa shape index (κ1) is 14.6. The van der Waals surface area contributed by atoms with Crippen LogP contribution in [0.3, 0.4) is 0 Å². The standard InChI is InChI=1S/C14H16O5S/c1-2-3-8-20(17,18)9-12-13(14(15)16)10-6-4-5-7-11(10)19-12/h4-7H,2-3,8-9H2,1H3,(H,15,16). The maximum absolute atomic E-state index is 12.0. The maximum Gasteiger partial charge on any atom is 0.339 e. The van der Waals surface area contributed by atoms with Crippen LogP contribution in [-0.2, 0) is 15.6 Å². The van der Waals surface area contributed by atoms with Crippen molar-refractivity contribution in [3.8, 4) is 0 Å². The quantitative estimate of drug-likeness (QED) is 0.886. The van der Waals surface area contributed by atoms with Crippen molar-refractivity contribution >= 4 is 26.8 Å². The molecule has 0 aliphatic rings. The molecule has 6 heteroatoms. The smallest absolute Gasteiger partial charge is 0.339 e. The van der Waals surface area contributed by atoms with E-state index in [-0.39, 0.29) is 22.8 Å². The third kappa shape index (κ3) is 3.01. The topological polar surface area (TPSA) is 84.6 Å². The molecule has 0 unspecified atom stereocenters. The van der Waals surface area contributed by atoms with Crippen LogP contribution in [-0.4, -0.2) is 25.2 Å². The highest BCUT2D eigenvalue weighted by Crippen LogP contribution is 2.27. The van der Waals surface area contributed by atoms with E-state index in [1.807, 2.05) is 6.92 Å². The second-order valence-electron chi connectivity index (χ2n) is 4.65. The lowest BCUT2D eigenvalue weighted by atomic mass is 10.1. The molecule has 108 valence electrons. The van der Waals surface area contributed by atoms with E-state index >= 15 is 0 Å². The number of carboxylic acids is 1. The Morgan fingerprint density at radius 2 is 2.00 bits per heavy atom. The van der Waals surface area contributed by atoms with Crippen molar-refractivity contribution in [2.24, 2.45) is 0 Å². The van der Waals surface area contributed by atoms with Gasteiger partial charge in [0, 0.05) is 5.39 Å². The van der Waals surface area contributed by atoms with E-state index in [0.29, 0.717) is 17.4 Å². The monoisotopic (exact) mass is 296 g/mol. The first-order valence-corrected chi connectivity index (χ1v) is 8.21. The van der Waals surface area contributed by atoms with Crippen LogP contribution in [0.5, 0.6) is 0 Å². The number of para-hydroxylation sites is 1. The van der Waals surface area contributed by atoms with Gasteiger partial charge in [0.05, 0.1) is 5.75 Å². The second kappa shape index (κ2) is 5.66. The number of fused-ring (bicyclic) bond motifs is 1. The molecule has 0 fully saturated rings. The van der Waals surface area contributed by atoms with Gasteiger partial charge in [-0.1, -0.05) is 31.5 Å². The first-order valence-electron chi connectivity index (χ1n) is 6.38. The summed E-state index contributed by atoms with van der Waals surface area (Å²) in [6.45, 7) is 1.90. The van der Waals surface area contributed by atoms with E-state index < -0.39 is 15.8 Å². The molecule has 1 aromatic carbocycles. The highest BCUT2D eigenvalue weighted by Gasteiger charge is 2.24. The van der Waals surface area contributed by atoms with Crippen LogP contribution in [0, 0.1) is 0 Å². The van der Waals surface area contributed by atoms with Gasteiger partial charge in [-0.15, -0.1) is 0 Å². The number of carbonyl (C=O) groups is 1. The van der Waals surface area contributed by atoms with Crippen LogP contribution in [0.25, 0.3) is 11.0 Å². The summed E-state index contributed by atoms with van der Waals surface area (Å²) in [7, 11) is -3.36. The lowest BCUT2D eigenvalue weighted by Crippen LogP contribution is -2.11. The number of aromatic carboxylic acids is 1. The van der Waals surface area contributed by atoms with Gasteiger partial charge in [0.1, 0.15) is 22.7 Å². The highest BCUT2D eigenvalue weighted by molar-refractivity contribution is 7.90. The fourth-order valence-corrected chi connectivity index (χ4v) is 3.54. The molecule has 0 aliphatic heterocycles. The van der Waals surface area contributed by atoms with Gasteiger partial charge in [-0.3, -0.25) is 0 Å². The molecule has 2 aromatic rings. The number of unbranched alkanes of at least 4 members (excludes halogenated alkanes) is 1. The van der Waals surface area contributed by atoms with Crippen LogP contribution < -0.4 is 0 Å². The van der Waals surface area contributed by atoms with Crippen molar-refractivity contribution in [1.82, 2.24) is 0 Å². The van der Waals surface area contributed by atoms with Gasteiger partial charge >= 0.3 is 5.97 Å². The van der Waals surface area contributed by atoms with Crippen molar-refractivity contribution < 1.29 is 22.7 Å². The summed E-state index contributed by atoms with van der Waals surface area (Å²) in [4.78, 5) is 11.3. The Balaban J connectivity index is 2.44. The molecular weight excluding hydrogens is 280 g/mol. The Morgan fingerprint density at radius 3 is 2.65 bits per heavy atom. The molecule has 1 N–H and O–H groups in total. The molecule has 0 aliphatic carbocycles. The van der Waals surface area contributed by atoms with Crippen LogP contribution in [0.15, 0.2) is 28.7 Å². The van der Waals surface area contributed by atoms with Crippen molar-refractivity contribution in [3.05, 3.63) is 35.6 Å². The SMILES string of the molecule is CCCCS(=O)(=O)Cc1oc2ccccc2c1C(=O)O. The zero-order valence-corrected chi connectivity index (χ0v) is 11.9. The summed E-state index contributed by atoms with van der Waals surface area (Å²) in [6, 6.07) is 6.65. The Labute approximate surface area is 117 Å². The number of furan rings is 1. The third-order valence-corrected chi connectivity index (χ3v) is 4.65. The fourth-order valence-electron chi connectivity index (χ4n) is 2.07.